The minimum atomic E-state index is -2.27. The standard InChI is InChI=1S/C25H27N9O7S2/c1-24(2)16(19(36)37)34-17(35)15(18(34)43-24)29-20(38)25(27,11-3-4-13-14(9-11)42-21(26)28-13)30-22(39)32-6-7-33(23(32)40)31-12-5-8-41-10-12/h3-5,8-9,15-16,18H,6-7,10,27H2,1-2H3,(H2,26,28)(H,29,38)(H,30,39)(H,36,37)/t15-,16+,18-,25?/m1/s1. The highest BCUT2D eigenvalue weighted by molar-refractivity contribution is 8.01. The molecule has 6 rings (SSSR count). The van der Waals surface area contributed by atoms with Crippen molar-refractivity contribution < 1.29 is 33.8 Å². The van der Waals surface area contributed by atoms with Crippen LogP contribution in [0.25, 0.3) is 10.2 Å². The van der Waals surface area contributed by atoms with Crippen molar-refractivity contribution in [3.05, 3.63) is 36.1 Å². The van der Waals surface area contributed by atoms with Gasteiger partial charge in [0.05, 0.1) is 29.6 Å². The zero-order chi connectivity index (χ0) is 30.8. The van der Waals surface area contributed by atoms with Gasteiger partial charge in [-0.1, -0.05) is 17.4 Å². The molecule has 4 aliphatic heterocycles. The van der Waals surface area contributed by atoms with E-state index in [1.54, 1.807) is 32.1 Å². The van der Waals surface area contributed by atoms with E-state index in [1.165, 1.54) is 29.0 Å². The number of carboxylic acid groups (broad SMARTS) is 1. The number of aromatic nitrogens is 1. The second-order valence-electron chi connectivity index (χ2n) is 10.8. The molecule has 1 unspecified atom stereocenters. The van der Waals surface area contributed by atoms with E-state index in [0.29, 0.717) is 15.9 Å². The number of benzene rings is 1. The maximum absolute atomic E-state index is 13.9. The van der Waals surface area contributed by atoms with Crippen LogP contribution in [-0.4, -0.2) is 102 Å². The van der Waals surface area contributed by atoms with Crippen LogP contribution in [0.2, 0.25) is 0 Å². The highest BCUT2D eigenvalue weighted by atomic mass is 32.2. The summed E-state index contributed by atoms with van der Waals surface area (Å²) in [5.74, 6) is -2.68. The number of nitrogen functional groups attached to an aromatic ring is 1. The molecule has 16 nitrogen and oxygen atoms in total. The van der Waals surface area contributed by atoms with Crippen molar-refractivity contribution in [1.82, 2.24) is 30.4 Å². The number of carbonyl (C=O) groups excluding carboxylic acids is 4. The molecule has 3 saturated heterocycles. The molecule has 5 heterocycles. The first-order valence-corrected chi connectivity index (χ1v) is 14.8. The molecule has 2 aromatic rings. The third-order valence-corrected chi connectivity index (χ3v) is 9.97. The summed E-state index contributed by atoms with van der Waals surface area (Å²) in [7, 11) is 0. The normalized spacial score (nSPS) is 26.3. The van der Waals surface area contributed by atoms with Crippen LogP contribution < -0.4 is 22.1 Å². The molecule has 1 aromatic carbocycles. The van der Waals surface area contributed by atoms with Crippen molar-refractivity contribution in [3.63, 3.8) is 0 Å². The number of carbonyl (C=O) groups is 5. The molecule has 3 fully saturated rings. The topological polar surface area (TPSA) is 226 Å². The molecule has 0 bridgehead atoms. The number of β-lactam (4-membered cyclic amide) rings is 1. The van der Waals surface area contributed by atoms with Crippen LogP contribution in [0.4, 0.5) is 14.7 Å². The lowest BCUT2D eigenvalue weighted by molar-refractivity contribution is -0.161. The zero-order valence-electron chi connectivity index (χ0n) is 22.8. The summed E-state index contributed by atoms with van der Waals surface area (Å²) in [5.41, 5.74) is 11.4. The number of nitrogens with zero attached hydrogens (tertiary/aromatic N) is 5. The van der Waals surface area contributed by atoms with Crippen molar-refractivity contribution >= 4 is 74.0 Å². The number of carboxylic acids is 1. The lowest BCUT2D eigenvalue weighted by atomic mass is 9.94. The quantitative estimate of drug-likeness (QED) is 0.211. The molecule has 4 aliphatic rings. The number of urea groups is 2. The Morgan fingerprint density at radius 1 is 1.26 bits per heavy atom. The number of fused-ring (bicyclic) bond motifs is 2. The number of ether oxygens (including phenoxy) is 1. The van der Waals surface area contributed by atoms with Gasteiger partial charge in [0.2, 0.25) is 5.91 Å². The maximum atomic E-state index is 13.9. The highest BCUT2D eigenvalue weighted by Gasteiger charge is 2.64. The Balaban J connectivity index is 1.27. The number of aliphatic carboxylic acids is 1. The van der Waals surface area contributed by atoms with Crippen LogP contribution in [0.5, 0.6) is 0 Å². The smallest absolute Gasteiger partial charge is 0.348 e. The van der Waals surface area contributed by atoms with Crippen molar-refractivity contribution in [2.45, 2.75) is 41.7 Å². The van der Waals surface area contributed by atoms with Crippen LogP contribution in [-0.2, 0) is 24.8 Å². The first-order chi connectivity index (χ1) is 20.3. The van der Waals surface area contributed by atoms with Crippen molar-refractivity contribution in [2.75, 3.05) is 25.4 Å². The summed E-state index contributed by atoms with van der Waals surface area (Å²) in [4.78, 5) is 71.6. The second kappa shape index (κ2) is 10.1. The molecule has 18 heteroatoms. The summed E-state index contributed by atoms with van der Waals surface area (Å²) in [6.07, 6.45) is 3.04. The van der Waals surface area contributed by atoms with Crippen molar-refractivity contribution in [1.29, 1.82) is 0 Å². The number of nitrogens with one attached hydrogen (secondary N) is 2. The maximum Gasteiger partial charge on any atom is 0.348 e. The Labute approximate surface area is 252 Å². The van der Waals surface area contributed by atoms with E-state index in [-0.39, 0.29) is 30.4 Å². The van der Waals surface area contributed by atoms with E-state index in [9.17, 15) is 29.1 Å². The fraction of sp³-hybridized carbons (Fsp3) is 0.400. The number of rotatable bonds is 6. The SMILES string of the molecule is CC1(C)S[C@@H]2[C@H](NC(=O)C(N)(NC(=O)N3CCN(N=C4C=COC4)C3=O)c3ccc4nc(N)sc4c3)C(=O)N2[C@H]1C(=O)O. The van der Waals surface area contributed by atoms with Gasteiger partial charge in [0.1, 0.15) is 29.8 Å². The van der Waals surface area contributed by atoms with Gasteiger partial charge in [0.25, 0.3) is 5.91 Å². The first kappa shape index (κ1) is 28.7. The number of anilines is 1. The third-order valence-electron chi connectivity index (χ3n) is 7.55. The van der Waals surface area contributed by atoms with E-state index in [2.05, 4.69) is 20.7 Å². The molecule has 226 valence electrons. The molecular formula is C25H27N9O7S2. The predicted molar refractivity (Wildman–Crippen MR) is 155 cm³/mol. The molecule has 6 amide bonds. The minimum Gasteiger partial charge on any atom is -0.495 e. The van der Waals surface area contributed by atoms with Crippen LogP contribution in [0, 0.1) is 0 Å². The Hall–Kier alpha value is -4.42. The van der Waals surface area contributed by atoms with Crippen LogP contribution in [0.15, 0.2) is 35.6 Å². The summed E-state index contributed by atoms with van der Waals surface area (Å²) < 4.78 is 4.85. The van der Waals surface area contributed by atoms with E-state index in [0.717, 1.165) is 21.2 Å². The van der Waals surface area contributed by atoms with Gasteiger partial charge in [-0.25, -0.2) is 29.3 Å². The number of hydrazone groups is 1. The lowest BCUT2D eigenvalue weighted by Gasteiger charge is -2.44. The van der Waals surface area contributed by atoms with E-state index in [4.69, 9.17) is 16.2 Å². The average molecular weight is 630 g/mol. The molecule has 1 aromatic heterocycles. The van der Waals surface area contributed by atoms with Gasteiger partial charge in [0.15, 0.2) is 10.8 Å². The summed E-state index contributed by atoms with van der Waals surface area (Å²) in [5, 5.41) is 19.7. The number of hydrogen-bond acceptors (Lipinski definition) is 12. The van der Waals surface area contributed by atoms with E-state index < -0.39 is 57.7 Å². The molecule has 0 aliphatic carbocycles. The number of nitrogens with two attached hydrogens (primary N) is 2. The second-order valence-corrected chi connectivity index (χ2v) is 13.6. The van der Waals surface area contributed by atoms with Gasteiger partial charge in [-0.3, -0.25) is 15.3 Å². The molecule has 0 spiro atoms. The Kier molecular flexibility index (Phi) is 6.73. The van der Waals surface area contributed by atoms with Gasteiger partial charge >= 0.3 is 18.0 Å². The molecule has 43 heavy (non-hydrogen) atoms. The first-order valence-electron chi connectivity index (χ1n) is 13.1. The van der Waals surface area contributed by atoms with Gasteiger partial charge < -0.3 is 31.1 Å². The number of thiazole rings is 1. The Morgan fingerprint density at radius 3 is 2.72 bits per heavy atom. The van der Waals surface area contributed by atoms with E-state index >= 15 is 0 Å². The van der Waals surface area contributed by atoms with Crippen molar-refractivity contribution in [3.8, 4) is 0 Å². The number of hydrogen-bond donors (Lipinski definition) is 5. The van der Waals surface area contributed by atoms with Gasteiger partial charge in [-0.2, -0.15) is 5.10 Å². The third kappa shape index (κ3) is 4.70. The van der Waals surface area contributed by atoms with Crippen LogP contribution in [0.1, 0.15) is 19.4 Å². The summed E-state index contributed by atoms with van der Waals surface area (Å²) in [6.45, 7) is 3.68. The monoisotopic (exact) mass is 629 g/mol. The number of thioether (sulfide) groups is 1. The van der Waals surface area contributed by atoms with Crippen LogP contribution in [0.3, 0.4) is 0 Å². The van der Waals surface area contributed by atoms with E-state index in [1.807, 2.05) is 0 Å². The average Bonchev–Trinajstić information content (AvgIpc) is 3.72. The molecule has 4 atom stereocenters. The number of imide groups is 1. The molecule has 0 saturated carbocycles. The fourth-order valence-corrected chi connectivity index (χ4v) is 7.82. The highest BCUT2D eigenvalue weighted by Crippen LogP contribution is 2.50. The fourth-order valence-electron chi connectivity index (χ4n) is 5.42. The molecule has 0 radical (unpaired) electrons. The summed E-state index contributed by atoms with van der Waals surface area (Å²) >= 11 is 2.39. The predicted octanol–water partition coefficient (Wildman–Crippen LogP) is -0.0312. The molecular weight excluding hydrogens is 602 g/mol. The van der Waals surface area contributed by atoms with Gasteiger partial charge in [-0.15, -0.1) is 11.8 Å². The number of amides is 6. The zero-order valence-corrected chi connectivity index (χ0v) is 24.5. The van der Waals surface area contributed by atoms with Gasteiger partial charge in [0, 0.05) is 10.3 Å². The van der Waals surface area contributed by atoms with Gasteiger partial charge in [-0.05, 0) is 32.1 Å². The molecule has 7 N–H and O–H groups in total. The lowest BCUT2D eigenvalue weighted by Crippen LogP contribution is -2.74. The Morgan fingerprint density at radius 2 is 2.02 bits per heavy atom. The minimum absolute atomic E-state index is 0.0332. The Bertz CT molecular complexity index is 1640. The largest absolute Gasteiger partial charge is 0.495 e. The van der Waals surface area contributed by atoms with Crippen molar-refractivity contribution in [2.24, 2.45) is 10.8 Å². The summed E-state index contributed by atoms with van der Waals surface area (Å²) in [6, 6.07) is 0.749. The van der Waals surface area contributed by atoms with Crippen LogP contribution >= 0.6 is 23.1 Å².